The van der Waals surface area contributed by atoms with Crippen LogP contribution in [0.4, 0.5) is 10.8 Å². The zero-order valence-corrected chi connectivity index (χ0v) is 13.0. The molecule has 1 aromatic carbocycles. The fourth-order valence-electron chi connectivity index (χ4n) is 2.12. The molecule has 2 aromatic heterocycles. The second kappa shape index (κ2) is 6.09. The van der Waals surface area contributed by atoms with E-state index >= 15 is 0 Å². The van der Waals surface area contributed by atoms with Gasteiger partial charge in [0.2, 0.25) is 0 Å². The van der Waals surface area contributed by atoms with Crippen molar-refractivity contribution in [3.05, 3.63) is 68.6 Å². The van der Waals surface area contributed by atoms with Gasteiger partial charge in [0.15, 0.2) is 5.13 Å². The molecule has 23 heavy (non-hydrogen) atoms. The van der Waals surface area contributed by atoms with Crippen LogP contribution < -0.4 is 10.5 Å². The zero-order chi connectivity index (χ0) is 16.4. The Morgan fingerprint density at radius 3 is 2.74 bits per heavy atom. The predicted molar refractivity (Wildman–Crippen MR) is 88.9 cm³/mol. The lowest BCUT2D eigenvalue weighted by molar-refractivity contribution is -0.385. The summed E-state index contributed by atoms with van der Waals surface area (Å²) in [5.74, 6) is 0. The summed E-state index contributed by atoms with van der Waals surface area (Å²) >= 11 is 1.23. The average molecular weight is 328 g/mol. The first-order chi connectivity index (χ1) is 11.0. The normalized spacial score (nSPS) is 10.7. The maximum absolute atomic E-state index is 12.1. The van der Waals surface area contributed by atoms with E-state index in [4.69, 9.17) is 0 Å². The Balaban J connectivity index is 1.98. The van der Waals surface area contributed by atoms with Gasteiger partial charge in [0.25, 0.3) is 11.2 Å². The number of benzene rings is 1. The van der Waals surface area contributed by atoms with Crippen LogP contribution in [0.2, 0.25) is 0 Å². The molecule has 0 aliphatic carbocycles. The quantitative estimate of drug-likeness (QED) is 0.540. The molecule has 116 valence electrons. The first kappa shape index (κ1) is 15.0. The molecule has 0 unspecified atom stereocenters. The Morgan fingerprint density at radius 2 is 2.04 bits per heavy atom. The summed E-state index contributed by atoms with van der Waals surface area (Å²) in [5, 5.41) is 11.5. The van der Waals surface area contributed by atoms with Gasteiger partial charge < -0.3 is 4.90 Å². The Labute approximate surface area is 135 Å². The third-order valence-corrected chi connectivity index (χ3v) is 4.36. The fraction of sp³-hybridized carbons (Fsp3) is 0.133. The van der Waals surface area contributed by atoms with Crippen LogP contribution in [0.3, 0.4) is 0 Å². The molecular formula is C15H12N4O3S. The SMILES string of the molecule is CN(Cc1ccccc1)c1nc(=O)c2cc([N+](=O)[O-])cnc2s1. The number of anilines is 1. The third kappa shape index (κ3) is 3.16. The van der Waals surface area contributed by atoms with Crippen LogP contribution in [-0.2, 0) is 6.54 Å². The third-order valence-electron chi connectivity index (χ3n) is 3.25. The molecule has 0 aliphatic heterocycles. The topological polar surface area (TPSA) is 89.2 Å². The van der Waals surface area contributed by atoms with Crippen LogP contribution in [0.15, 0.2) is 47.4 Å². The molecule has 0 aliphatic rings. The van der Waals surface area contributed by atoms with Gasteiger partial charge in [0, 0.05) is 19.7 Å². The van der Waals surface area contributed by atoms with E-state index in [-0.39, 0.29) is 11.1 Å². The largest absolute Gasteiger partial charge is 0.347 e. The van der Waals surface area contributed by atoms with Gasteiger partial charge in [-0.2, -0.15) is 4.98 Å². The molecule has 3 aromatic rings. The van der Waals surface area contributed by atoms with Crippen molar-refractivity contribution in [2.75, 3.05) is 11.9 Å². The van der Waals surface area contributed by atoms with Crippen LogP contribution in [0.5, 0.6) is 0 Å². The Bertz CT molecular complexity index is 927. The van der Waals surface area contributed by atoms with Gasteiger partial charge >= 0.3 is 0 Å². The Hall–Kier alpha value is -2.87. The lowest BCUT2D eigenvalue weighted by Crippen LogP contribution is -2.20. The van der Waals surface area contributed by atoms with E-state index in [1.54, 1.807) is 0 Å². The summed E-state index contributed by atoms with van der Waals surface area (Å²) in [4.78, 5) is 32.7. The van der Waals surface area contributed by atoms with Gasteiger partial charge in [-0.25, -0.2) is 4.98 Å². The highest BCUT2D eigenvalue weighted by Gasteiger charge is 2.14. The van der Waals surface area contributed by atoms with Gasteiger partial charge in [-0.15, -0.1) is 0 Å². The van der Waals surface area contributed by atoms with Crippen molar-refractivity contribution in [1.82, 2.24) is 9.97 Å². The summed E-state index contributed by atoms with van der Waals surface area (Å²) in [5.41, 5.74) is 0.368. The van der Waals surface area contributed by atoms with Crippen LogP contribution in [-0.4, -0.2) is 21.9 Å². The Morgan fingerprint density at radius 1 is 1.30 bits per heavy atom. The number of rotatable bonds is 4. The van der Waals surface area contributed by atoms with Gasteiger partial charge in [-0.05, 0) is 5.56 Å². The van der Waals surface area contributed by atoms with Crippen LogP contribution >= 0.6 is 11.3 Å². The minimum Gasteiger partial charge on any atom is -0.347 e. The monoisotopic (exact) mass is 328 g/mol. The van der Waals surface area contributed by atoms with Crippen molar-refractivity contribution < 1.29 is 4.92 Å². The molecule has 8 heteroatoms. The van der Waals surface area contributed by atoms with E-state index in [1.165, 1.54) is 17.4 Å². The number of hydrogen-bond acceptors (Lipinski definition) is 7. The first-order valence-corrected chi connectivity index (χ1v) is 7.56. The van der Waals surface area contributed by atoms with E-state index in [0.717, 1.165) is 11.8 Å². The van der Waals surface area contributed by atoms with Crippen LogP contribution in [0, 0.1) is 10.1 Å². The molecule has 0 bridgehead atoms. The highest BCUT2D eigenvalue weighted by Crippen LogP contribution is 2.24. The molecule has 2 heterocycles. The van der Waals surface area contributed by atoms with Gasteiger partial charge in [-0.1, -0.05) is 41.7 Å². The van der Waals surface area contributed by atoms with Crippen LogP contribution in [0.25, 0.3) is 10.2 Å². The predicted octanol–water partition coefficient (Wildman–Crippen LogP) is 2.60. The maximum atomic E-state index is 12.1. The van der Waals surface area contributed by atoms with E-state index < -0.39 is 10.5 Å². The minimum absolute atomic E-state index is 0.168. The number of pyridine rings is 1. The van der Waals surface area contributed by atoms with Crippen molar-refractivity contribution in [2.24, 2.45) is 0 Å². The number of nitro groups is 1. The summed E-state index contributed by atoms with van der Waals surface area (Å²) in [6.45, 7) is 0.599. The van der Waals surface area contributed by atoms with E-state index in [0.29, 0.717) is 16.5 Å². The second-order valence-corrected chi connectivity index (χ2v) is 5.90. The molecule has 0 fully saturated rings. The van der Waals surface area contributed by atoms with Crippen molar-refractivity contribution in [1.29, 1.82) is 0 Å². The highest BCUT2D eigenvalue weighted by atomic mass is 32.1. The zero-order valence-electron chi connectivity index (χ0n) is 12.2. The standard InChI is InChI=1S/C15H12N4O3S/c1-18(9-10-5-3-2-4-6-10)15-17-13(20)12-7-11(19(21)22)8-16-14(12)23-15/h2-8H,9H2,1H3. The first-order valence-electron chi connectivity index (χ1n) is 6.75. The van der Waals surface area contributed by atoms with Crippen molar-refractivity contribution in [2.45, 2.75) is 6.54 Å². The van der Waals surface area contributed by atoms with Gasteiger partial charge in [-0.3, -0.25) is 14.9 Å². The molecule has 0 saturated heterocycles. The maximum Gasteiger partial charge on any atom is 0.288 e. The minimum atomic E-state index is -0.577. The molecular weight excluding hydrogens is 316 g/mol. The molecule has 3 rings (SSSR count). The van der Waals surface area contributed by atoms with Crippen molar-refractivity contribution >= 4 is 32.4 Å². The van der Waals surface area contributed by atoms with E-state index in [2.05, 4.69) is 9.97 Å². The van der Waals surface area contributed by atoms with E-state index in [1.807, 2.05) is 42.3 Å². The molecule has 0 saturated carbocycles. The second-order valence-electron chi connectivity index (χ2n) is 4.95. The summed E-state index contributed by atoms with van der Waals surface area (Å²) in [6.07, 6.45) is 1.15. The number of hydrogen-bond donors (Lipinski definition) is 0. The van der Waals surface area contributed by atoms with Crippen LogP contribution in [0.1, 0.15) is 5.56 Å². The molecule has 0 radical (unpaired) electrons. The van der Waals surface area contributed by atoms with Gasteiger partial charge in [0.1, 0.15) is 11.0 Å². The number of nitrogens with zero attached hydrogens (tertiary/aromatic N) is 4. The molecule has 0 N–H and O–H groups in total. The average Bonchev–Trinajstić information content (AvgIpc) is 2.55. The fourth-order valence-corrected chi connectivity index (χ4v) is 3.00. The smallest absolute Gasteiger partial charge is 0.288 e. The molecule has 0 spiro atoms. The molecule has 7 nitrogen and oxygen atoms in total. The van der Waals surface area contributed by atoms with E-state index in [9.17, 15) is 14.9 Å². The summed E-state index contributed by atoms with van der Waals surface area (Å²) < 4.78 is 0. The Kier molecular flexibility index (Phi) is 3.98. The highest BCUT2D eigenvalue weighted by molar-refractivity contribution is 7.21. The van der Waals surface area contributed by atoms with Crippen molar-refractivity contribution in [3.8, 4) is 0 Å². The summed E-state index contributed by atoms with van der Waals surface area (Å²) in [6, 6.07) is 11.0. The lowest BCUT2D eigenvalue weighted by Gasteiger charge is -2.17. The number of fused-ring (bicyclic) bond motifs is 1. The summed E-state index contributed by atoms with van der Waals surface area (Å²) in [7, 11) is 1.84. The number of aromatic nitrogens is 2. The molecule has 0 atom stereocenters. The van der Waals surface area contributed by atoms with Crippen molar-refractivity contribution in [3.63, 3.8) is 0 Å². The molecule has 0 amide bonds. The lowest BCUT2D eigenvalue weighted by atomic mass is 10.2. The van der Waals surface area contributed by atoms with Gasteiger partial charge in [0.05, 0.1) is 10.3 Å².